The topological polar surface area (TPSA) is 36.4 Å². The zero-order valence-electron chi connectivity index (χ0n) is 11.0. The first kappa shape index (κ1) is 12.9. The van der Waals surface area contributed by atoms with Crippen LogP contribution in [-0.2, 0) is 0 Å². The number of allylic oxidation sites excluding steroid dienone is 1. The van der Waals surface area contributed by atoms with Crippen LogP contribution < -0.4 is 10.6 Å². The number of benzene rings is 2. The van der Waals surface area contributed by atoms with Crippen molar-refractivity contribution in [1.82, 2.24) is 0 Å². The lowest BCUT2D eigenvalue weighted by molar-refractivity contribution is 1.39. The number of halogens is 1. The molecular weight excluding hydrogens is 314 g/mol. The van der Waals surface area contributed by atoms with E-state index < -0.39 is 0 Å². The highest BCUT2D eigenvalue weighted by atomic mass is 79.9. The van der Waals surface area contributed by atoms with E-state index in [2.05, 4.69) is 31.6 Å². The van der Waals surface area contributed by atoms with Gasteiger partial charge in [-0.25, -0.2) is 4.99 Å². The standard InChI is InChI=1S/C16H14BrN3/c1-11-10-16(19-13-8-6-12(17)7-9-13)20-15-5-3-2-4-14(15)18-11/h2-10,18H,1H3,(H,19,20). The number of nitrogens with one attached hydrogen (secondary N) is 2. The Morgan fingerprint density at radius 2 is 1.80 bits per heavy atom. The Morgan fingerprint density at radius 1 is 1.05 bits per heavy atom. The molecule has 20 heavy (non-hydrogen) atoms. The van der Waals surface area contributed by atoms with Crippen LogP contribution in [0.15, 0.2) is 69.8 Å². The highest BCUT2D eigenvalue weighted by Gasteiger charge is 2.08. The number of anilines is 2. The molecule has 1 aliphatic heterocycles. The molecule has 0 unspecified atom stereocenters. The second-order valence-corrected chi connectivity index (χ2v) is 5.51. The predicted molar refractivity (Wildman–Crippen MR) is 88.7 cm³/mol. The van der Waals surface area contributed by atoms with Gasteiger partial charge in [0, 0.05) is 15.9 Å². The Bertz CT molecular complexity index is 687. The molecular formula is C16H14BrN3. The Hall–Kier alpha value is -2.07. The lowest BCUT2D eigenvalue weighted by atomic mass is 10.2. The largest absolute Gasteiger partial charge is 0.357 e. The van der Waals surface area contributed by atoms with Gasteiger partial charge in [0.1, 0.15) is 5.84 Å². The number of hydrogen-bond acceptors (Lipinski definition) is 3. The van der Waals surface area contributed by atoms with Crippen molar-refractivity contribution >= 4 is 38.8 Å². The second-order valence-electron chi connectivity index (χ2n) is 4.60. The average Bonchev–Trinajstić information content (AvgIpc) is 2.58. The molecule has 0 aromatic heterocycles. The van der Waals surface area contributed by atoms with Crippen LogP contribution >= 0.6 is 15.9 Å². The molecule has 4 heteroatoms. The molecule has 1 heterocycles. The molecule has 0 saturated carbocycles. The monoisotopic (exact) mass is 327 g/mol. The molecule has 0 saturated heterocycles. The van der Waals surface area contributed by atoms with Crippen LogP contribution in [-0.4, -0.2) is 5.84 Å². The van der Waals surface area contributed by atoms with Gasteiger partial charge in [-0.05, 0) is 49.4 Å². The van der Waals surface area contributed by atoms with Crippen molar-refractivity contribution in [2.45, 2.75) is 6.92 Å². The summed E-state index contributed by atoms with van der Waals surface area (Å²) in [5.74, 6) is 0.822. The van der Waals surface area contributed by atoms with Crippen LogP contribution in [0.25, 0.3) is 0 Å². The van der Waals surface area contributed by atoms with Gasteiger partial charge in [0.2, 0.25) is 0 Å². The molecule has 100 valence electrons. The molecule has 2 aromatic carbocycles. The number of amidine groups is 1. The summed E-state index contributed by atoms with van der Waals surface area (Å²) in [6.07, 6.45) is 2.00. The van der Waals surface area contributed by atoms with Gasteiger partial charge in [0.25, 0.3) is 0 Å². The van der Waals surface area contributed by atoms with Crippen LogP contribution in [0.2, 0.25) is 0 Å². The van der Waals surface area contributed by atoms with E-state index in [-0.39, 0.29) is 0 Å². The number of fused-ring (bicyclic) bond motifs is 1. The Morgan fingerprint density at radius 3 is 2.60 bits per heavy atom. The molecule has 0 spiro atoms. The quantitative estimate of drug-likeness (QED) is 0.779. The third-order valence-corrected chi connectivity index (χ3v) is 3.48. The molecule has 2 aromatic rings. The van der Waals surface area contributed by atoms with Crippen molar-refractivity contribution in [3.63, 3.8) is 0 Å². The summed E-state index contributed by atoms with van der Waals surface area (Å²) >= 11 is 3.43. The van der Waals surface area contributed by atoms with Crippen LogP contribution in [0, 0.1) is 0 Å². The third kappa shape index (κ3) is 2.91. The van der Waals surface area contributed by atoms with Gasteiger partial charge in [-0.2, -0.15) is 0 Å². The summed E-state index contributed by atoms with van der Waals surface area (Å²) in [5, 5.41) is 6.68. The van der Waals surface area contributed by atoms with E-state index in [9.17, 15) is 0 Å². The zero-order chi connectivity index (χ0) is 13.9. The molecule has 2 N–H and O–H groups in total. The summed E-state index contributed by atoms with van der Waals surface area (Å²) < 4.78 is 1.06. The maximum Gasteiger partial charge on any atom is 0.132 e. The van der Waals surface area contributed by atoms with Crippen molar-refractivity contribution in [3.05, 3.63) is 64.8 Å². The number of rotatable bonds is 1. The van der Waals surface area contributed by atoms with E-state index in [1.165, 1.54) is 0 Å². The predicted octanol–water partition coefficient (Wildman–Crippen LogP) is 4.92. The summed E-state index contributed by atoms with van der Waals surface area (Å²) in [5.41, 5.74) is 4.02. The highest BCUT2D eigenvalue weighted by Crippen LogP contribution is 2.28. The number of hydrogen-bond donors (Lipinski definition) is 2. The zero-order valence-corrected chi connectivity index (χ0v) is 12.6. The third-order valence-electron chi connectivity index (χ3n) is 2.95. The molecule has 1 aliphatic rings. The van der Waals surface area contributed by atoms with Gasteiger partial charge in [-0.1, -0.05) is 28.1 Å². The van der Waals surface area contributed by atoms with Crippen molar-refractivity contribution in [2.24, 2.45) is 4.99 Å². The van der Waals surface area contributed by atoms with E-state index >= 15 is 0 Å². The fraction of sp³-hybridized carbons (Fsp3) is 0.0625. The van der Waals surface area contributed by atoms with Gasteiger partial charge in [0.05, 0.1) is 11.4 Å². The second kappa shape index (κ2) is 5.51. The lowest BCUT2D eigenvalue weighted by Gasteiger charge is -2.06. The summed E-state index contributed by atoms with van der Waals surface area (Å²) in [6.45, 7) is 2.03. The molecule has 0 atom stereocenters. The maximum absolute atomic E-state index is 4.66. The molecule has 0 amide bonds. The lowest BCUT2D eigenvalue weighted by Crippen LogP contribution is -2.09. The van der Waals surface area contributed by atoms with E-state index in [0.29, 0.717) is 0 Å². The Kier molecular flexibility index (Phi) is 3.56. The van der Waals surface area contributed by atoms with E-state index in [1.807, 2.05) is 61.5 Å². The Balaban J connectivity index is 1.94. The number of para-hydroxylation sites is 2. The number of aliphatic imine (C=N–C) groups is 1. The van der Waals surface area contributed by atoms with E-state index in [1.54, 1.807) is 0 Å². The van der Waals surface area contributed by atoms with Crippen molar-refractivity contribution in [1.29, 1.82) is 0 Å². The smallest absolute Gasteiger partial charge is 0.132 e. The molecule has 0 fully saturated rings. The summed E-state index contributed by atoms with van der Waals surface area (Å²) in [6, 6.07) is 16.0. The maximum atomic E-state index is 4.66. The van der Waals surface area contributed by atoms with Gasteiger partial charge in [-0.15, -0.1) is 0 Å². The van der Waals surface area contributed by atoms with Crippen molar-refractivity contribution in [2.75, 3.05) is 10.6 Å². The minimum absolute atomic E-state index is 0.822. The highest BCUT2D eigenvalue weighted by molar-refractivity contribution is 9.10. The van der Waals surface area contributed by atoms with E-state index in [0.717, 1.165) is 33.1 Å². The average molecular weight is 328 g/mol. The van der Waals surface area contributed by atoms with Crippen LogP contribution in [0.1, 0.15) is 6.92 Å². The molecule has 0 aliphatic carbocycles. The first-order valence-corrected chi connectivity index (χ1v) is 7.16. The fourth-order valence-corrected chi connectivity index (χ4v) is 2.30. The molecule has 0 radical (unpaired) electrons. The van der Waals surface area contributed by atoms with E-state index in [4.69, 9.17) is 0 Å². The molecule has 3 nitrogen and oxygen atoms in total. The number of nitrogens with zero attached hydrogens (tertiary/aromatic N) is 1. The minimum atomic E-state index is 0.822. The van der Waals surface area contributed by atoms with Gasteiger partial charge >= 0.3 is 0 Å². The first-order valence-electron chi connectivity index (χ1n) is 6.36. The van der Waals surface area contributed by atoms with Crippen LogP contribution in [0.3, 0.4) is 0 Å². The Labute approximate surface area is 126 Å². The van der Waals surface area contributed by atoms with Gasteiger partial charge < -0.3 is 10.6 Å². The van der Waals surface area contributed by atoms with Crippen molar-refractivity contribution < 1.29 is 0 Å². The molecule has 3 rings (SSSR count). The minimum Gasteiger partial charge on any atom is -0.357 e. The SMILES string of the molecule is CC1=CC(Nc2ccc(Br)cc2)=Nc2ccccc2N1. The summed E-state index contributed by atoms with van der Waals surface area (Å²) in [7, 11) is 0. The first-order chi connectivity index (χ1) is 9.70. The molecule has 0 bridgehead atoms. The summed E-state index contributed by atoms with van der Waals surface area (Å²) in [4.78, 5) is 4.66. The van der Waals surface area contributed by atoms with Crippen LogP contribution in [0.5, 0.6) is 0 Å². The fourth-order valence-electron chi connectivity index (χ4n) is 2.04. The van der Waals surface area contributed by atoms with Crippen LogP contribution in [0.4, 0.5) is 17.1 Å². The van der Waals surface area contributed by atoms with Crippen molar-refractivity contribution in [3.8, 4) is 0 Å². The van der Waals surface area contributed by atoms with Gasteiger partial charge in [0.15, 0.2) is 0 Å². The van der Waals surface area contributed by atoms with Gasteiger partial charge in [-0.3, -0.25) is 0 Å². The normalized spacial score (nSPS) is 13.5.